The van der Waals surface area contributed by atoms with Crippen LogP contribution in [0.25, 0.3) is 0 Å². The second-order valence-corrected chi connectivity index (χ2v) is 7.25. The average molecular weight is 482 g/mol. The quantitative estimate of drug-likeness (QED) is 0.208. The minimum atomic E-state index is -1.51. The van der Waals surface area contributed by atoms with Gasteiger partial charge in [0.25, 0.3) is 0 Å². The number of aliphatic hydroxyl groups is 1. The molecule has 0 aliphatic heterocycles. The summed E-state index contributed by atoms with van der Waals surface area (Å²) in [4.78, 5) is 60.5. The van der Waals surface area contributed by atoms with Gasteiger partial charge in [-0.05, 0) is 5.56 Å². The molecule has 12 heteroatoms. The Bertz CT molecular complexity index is 829. The number of hydrogen-bond acceptors (Lipinski definition) is 10. The van der Waals surface area contributed by atoms with E-state index in [2.05, 4.69) is 24.8 Å². The van der Waals surface area contributed by atoms with Gasteiger partial charge in [0.1, 0.15) is 12.6 Å². The number of carbonyl (C=O) groups is 5. The van der Waals surface area contributed by atoms with E-state index in [0.29, 0.717) is 0 Å². The molecule has 1 aromatic rings. The van der Waals surface area contributed by atoms with E-state index < -0.39 is 60.3 Å². The zero-order chi connectivity index (χ0) is 25.7. The number of aliphatic hydroxyl groups excluding tert-OH is 1. The van der Waals surface area contributed by atoms with Crippen LogP contribution in [0.4, 0.5) is 4.79 Å². The molecule has 188 valence electrons. The Morgan fingerprint density at radius 1 is 0.912 bits per heavy atom. The summed E-state index contributed by atoms with van der Waals surface area (Å²) in [6, 6.07) is 7.53. The summed E-state index contributed by atoms with van der Waals surface area (Å²) in [5.41, 5.74) is 0.776. The predicted molar refractivity (Wildman–Crippen MR) is 116 cm³/mol. The van der Waals surface area contributed by atoms with E-state index in [-0.39, 0.29) is 13.2 Å². The van der Waals surface area contributed by atoms with Gasteiger partial charge in [0.2, 0.25) is 5.91 Å². The number of benzene rings is 1. The summed E-state index contributed by atoms with van der Waals surface area (Å²) < 4.78 is 18.9. The fraction of sp³-hybridized carbons (Fsp3) is 0.500. The summed E-state index contributed by atoms with van der Waals surface area (Å²) in [6.45, 7) is 1.09. The molecule has 0 bridgehead atoms. The van der Waals surface area contributed by atoms with Crippen LogP contribution in [0.5, 0.6) is 0 Å². The summed E-state index contributed by atoms with van der Waals surface area (Å²) in [7, 11) is 3.19. The van der Waals surface area contributed by atoms with Crippen molar-refractivity contribution in [3.63, 3.8) is 0 Å². The van der Waals surface area contributed by atoms with E-state index in [1.807, 2.05) is 6.07 Å². The van der Waals surface area contributed by atoms with Crippen molar-refractivity contribution in [2.24, 2.45) is 11.8 Å². The number of alkyl carbamates (subject to hydrolysis) is 1. The van der Waals surface area contributed by atoms with Gasteiger partial charge in [0.15, 0.2) is 5.92 Å². The van der Waals surface area contributed by atoms with Gasteiger partial charge in [-0.15, -0.1) is 0 Å². The largest absolute Gasteiger partial charge is 0.468 e. The monoisotopic (exact) mass is 482 g/mol. The first-order valence-corrected chi connectivity index (χ1v) is 10.3. The van der Waals surface area contributed by atoms with Crippen molar-refractivity contribution in [2.75, 3.05) is 27.9 Å². The zero-order valence-corrected chi connectivity index (χ0v) is 19.4. The molecule has 34 heavy (non-hydrogen) atoms. The number of hydrogen-bond donors (Lipinski definition) is 3. The molecule has 0 aliphatic rings. The summed E-state index contributed by atoms with van der Waals surface area (Å²) >= 11 is 0. The Labute approximate surface area is 196 Å². The molecule has 0 radical (unpaired) electrons. The zero-order valence-electron chi connectivity index (χ0n) is 19.4. The van der Waals surface area contributed by atoms with Crippen LogP contribution < -0.4 is 10.6 Å². The van der Waals surface area contributed by atoms with Gasteiger partial charge in [-0.1, -0.05) is 37.3 Å². The Balaban J connectivity index is 2.66. The fourth-order valence-electron chi connectivity index (χ4n) is 3.00. The van der Waals surface area contributed by atoms with E-state index in [1.54, 1.807) is 24.3 Å². The van der Waals surface area contributed by atoms with Crippen molar-refractivity contribution < 1.29 is 48.0 Å². The Hall–Kier alpha value is -3.67. The summed E-state index contributed by atoms with van der Waals surface area (Å²) in [6.07, 6.45) is -2.60. The van der Waals surface area contributed by atoms with E-state index in [4.69, 9.17) is 4.74 Å². The molecule has 3 atom stereocenters. The molecule has 0 fully saturated rings. The number of nitrogens with one attached hydrogen (secondary N) is 2. The highest BCUT2D eigenvalue weighted by atomic mass is 16.6. The van der Waals surface area contributed by atoms with Gasteiger partial charge < -0.3 is 34.7 Å². The molecule has 1 aromatic carbocycles. The maximum absolute atomic E-state index is 12.4. The minimum absolute atomic E-state index is 0.0313. The van der Waals surface area contributed by atoms with Crippen LogP contribution in [0.2, 0.25) is 0 Å². The van der Waals surface area contributed by atoms with Gasteiger partial charge in [0.05, 0.1) is 33.9 Å². The molecular formula is C22H30N2O10. The van der Waals surface area contributed by atoms with E-state index in [0.717, 1.165) is 26.9 Å². The van der Waals surface area contributed by atoms with E-state index >= 15 is 0 Å². The third-order valence-electron chi connectivity index (χ3n) is 4.85. The highest BCUT2D eigenvalue weighted by Gasteiger charge is 2.42. The highest BCUT2D eigenvalue weighted by molar-refractivity contribution is 5.96. The lowest BCUT2D eigenvalue weighted by atomic mass is 9.87. The number of ether oxygens (including phenoxy) is 4. The molecule has 12 nitrogen and oxygen atoms in total. The van der Waals surface area contributed by atoms with E-state index in [1.165, 1.54) is 6.92 Å². The van der Waals surface area contributed by atoms with Crippen molar-refractivity contribution in [1.29, 1.82) is 0 Å². The summed E-state index contributed by atoms with van der Waals surface area (Å²) in [5, 5.41) is 14.7. The van der Waals surface area contributed by atoms with Crippen LogP contribution in [-0.4, -0.2) is 75.0 Å². The van der Waals surface area contributed by atoms with Crippen LogP contribution >= 0.6 is 0 Å². The molecule has 1 rings (SSSR count). The van der Waals surface area contributed by atoms with Gasteiger partial charge in [-0.2, -0.15) is 0 Å². The van der Waals surface area contributed by atoms with Crippen LogP contribution in [0.1, 0.15) is 18.9 Å². The predicted octanol–water partition coefficient (Wildman–Crippen LogP) is -0.0801. The number of amides is 2. The maximum atomic E-state index is 12.4. The maximum Gasteiger partial charge on any atom is 0.407 e. The lowest BCUT2D eigenvalue weighted by Gasteiger charge is -2.27. The lowest BCUT2D eigenvalue weighted by molar-refractivity contribution is -0.163. The average Bonchev–Trinajstić information content (AvgIpc) is 2.84. The first-order chi connectivity index (χ1) is 16.1. The molecule has 0 saturated carbocycles. The van der Waals surface area contributed by atoms with Gasteiger partial charge in [0, 0.05) is 12.5 Å². The molecule has 0 aromatic heterocycles. The van der Waals surface area contributed by atoms with Crippen LogP contribution in [-0.2, 0) is 44.7 Å². The second-order valence-electron chi connectivity index (χ2n) is 7.25. The van der Waals surface area contributed by atoms with E-state index in [9.17, 15) is 29.1 Å². The molecule has 0 spiro atoms. The molecule has 2 amide bonds. The van der Waals surface area contributed by atoms with Crippen molar-refractivity contribution in [3.8, 4) is 0 Å². The lowest BCUT2D eigenvalue weighted by Crippen LogP contribution is -2.51. The molecule has 0 heterocycles. The topological polar surface area (TPSA) is 167 Å². The van der Waals surface area contributed by atoms with Crippen LogP contribution in [0.15, 0.2) is 30.3 Å². The normalized spacial score (nSPS) is 13.1. The molecular weight excluding hydrogens is 452 g/mol. The van der Waals surface area contributed by atoms with Crippen molar-refractivity contribution in [1.82, 2.24) is 10.6 Å². The minimum Gasteiger partial charge on any atom is -0.468 e. The van der Waals surface area contributed by atoms with Gasteiger partial charge >= 0.3 is 24.0 Å². The Morgan fingerprint density at radius 2 is 1.47 bits per heavy atom. The molecule has 0 unspecified atom stereocenters. The first kappa shape index (κ1) is 28.4. The number of rotatable bonds is 12. The van der Waals surface area contributed by atoms with Crippen molar-refractivity contribution in [3.05, 3.63) is 35.9 Å². The third-order valence-corrected chi connectivity index (χ3v) is 4.85. The number of esters is 3. The molecule has 3 N–H and O–H groups in total. The van der Waals surface area contributed by atoms with Crippen LogP contribution in [0.3, 0.4) is 0 Å². The number of methoxy groups -OCH3 is 3. The standard InChI is InChI=1S/C22H30N2O10/c1-13(17(19(27)31-2)20(28)32-3)18(21(29)33-4)24-16(26)10-15(25)11-23-22(30)34-12-14-8-6-5-7-9-14/h5-9,13,15,17-18,25H,10-12H2,1-4H3,(H,23,30)(H,24,26)/t13-,15-,18-/m0/s1. The fourth-order valence-corrected chi connectivity index (χ4v) is 3.00. The van der Waals surface area contributed by atoms with Gasteiger partial charge in [-0.3, -0.25) is 14.4 Å². The summed E-state index contributed by atoms with van der Waals surface area (Å²) in [5.74, 6) is -6.23. The smallest absolute Gasteiger partial charge is 0.407 e. The van der Waals surface area contributed by atoms with Crippen molar-refractivity contribution in [2.45, 2.75) is 32.1 Å². The Morgan fingerprint density at radius 3 is 2.00 bits per heavy atom. The third kappa shape index (κ3) is 9.06. The second kappa shape index (κ2) is 14.5. The molecule has 0 saturated heterocycles. The number of carbonyl (C=O) groups excluding carboxylic acids is 5. The Kier molecular flexibility index (Phi) is 12.1. The first-order valence-electron chi connectivity index (χ1n) is 10.3. The van der Waals surface area contributed by atoms with Crippen LogP contribution in [0, 0.1) is 11.8 Å². The SMILES string of the molecule is COC(=O)C(C(=O)OC)[C@H](C)[C@H](NC(=O)C[C@H](O)CNC(=O)OCc1ccccc1)C(=O)OC. The molecule has 0 aliphatic carbocycles. The van der Waals surface area contributed by atoms with Gasteiger partial charge in [-0.25, -0.2) is 9.59 Å². The van der Waals surface area contributed by atoms with Crippen molar-refractivity contribution >= 4 is 29.9 Å². The highest BCUT2D eigenvalue weighted by Crippen LogP contribution is 2.20.